The van der Waals surface area contributed by atoms with Crippen LogP contribution < -0.4 is 10.6 Å². The van der Waals surface area contributed by atoms with E-state index in [0.717, 1.165) is 37.9 Å². The molecule has 0 spiro atoms. The van der Waals surface area contributed by atoms with Crippen LogP contribution in [0.5, 0.6) is 0 Å². The Morgan fingerprint density at radius 2 is 2.14 bits per heavy atom. The summed E-state index contributed by atoms with van der Waals surface area (Å²) in [4.78, 5) is 23.2. The van der Waals surface area contributed by atoms with E-state index in [4.69, 9.17) is 5.11 Å². The Morgan fingerprint density at radius 1 is 1.33 bits per heavy atom. The Labute approximate surface area is 121 Å². The molecule has 1 saturated heterocycles. The number of aromatic carboxylic acids is 1. The van der Waals surface area contributed by atoms with E-state index in [1.54, 1.807) is 0 Å². The van der Waals surface area contributed by atoms with E-state index < -0.39 is 11.8 Å². The van der Waals surface area contributed by atoms with Gasteiger partial charge in [0, 0.05) is 0 Å². The monoisotopic (exact) mass is 292 g/mol. The molecule has 1 aromatic carbocycles. The number of anilines is 1. The van der Waals surface area contributed by atoms with E-state index in [0.29, 0.717) is 11.8 Å². The number of amides is 1. The molecule has 1 aromatic rings. The number of halogens is 1. The van der Waals surface area contributed by atoms with Crippen molar-refractivity contribution >= 4 is 17.6 Å². The molecule has 21 heavy (non-hydrogen) atoms. The molecule has 1 aliphatic heterocycles. The number of carboxylic acid groups (broad SMARTS) is 1. The average molecular weight is 292 g/mol. The molecule has 0 aromatic heterocycles. The van der Waals surface area contributed by atoms with Crippen LogP contribution in [0.3, 0.4) is 0 Å². The number of carboxylic acids is 1. The van der Waals surface area contributed by atoms with E-state index in [9.17, 15) is 14.0 Å². The van der Waals surface area contributed by atoms with Crippen LogP contribution in [0.2, 0.25) is 0 Å². The van der Waals surface area contributed by atoms with Gasteiger partial charge in [-0.2, -0.15) is 0 Å². The second-order valence-electron chi connectivity index (χ2n) is 5.73. The standard InChI is InChI=1S/C15H17FN2O3/c16-11-5-4-8(15(20)21)6-12(11)18-14(19)13-10-3-1-2-9(10)7-17-13/h4-6,9-10,13,17H,1-3,7H2,(H,18,19)(H,20,21). The van der Waals surface area contributed by atoms with E-state index >= 15 is 0 Å². The molecule has 6 heteroatoms. The molecule has 3 atom stereocenters. The second kappa shape index (κ2) is 5.44. The second-order valence-corrected chi connectivity index (χ2v) is 5.73. The molecular formula is C15H17FN2O3. The third kappa shape index (κ3) is 2.63. The van der Waals surface area contributed by atoms with Gasteiger partial charge in [-0.25, -0.2) is 9.18 Å². The molecule has 2 aliphatic rings. The molecule has 1 aliphatic carbocycles. The van der Waals surface area contributed by atoms with Gasteiger partial charge in [0.25, 0.3) is 0 Å². The van der Waals surface area contributed by atoms with Gasteiger partial charge >= 0.3 is 5.97 Å². The van der Waals surface area contributed by atoms with Crippen LogP contribution in [-0.4, -0.2) is 29.6 Å². The molecule has 1 saturated carbocycles. The van der Waals surface area contributed by atoms with E-state index in [1.165, 1.54) is 6.07 Å². The smallest absolute Gasteiger partial charge is 0.335 e. The SMILES string of the molecule is O=C(O)c1ccc(F)c(NC(=O)C2NCC3CCCC32)c1. The third-order valence-electron chi connectivity index (χ3n) is 4.50. The molecule has 1 amide bonds. The van der Waals surface area contributed by atoms with Gasteiger partial charge < -0.3 is 15.7 Å². The maximum atomic E-state index is 13.7. The molecule has 0 radical (unpaired) electrons. The lowest BCUT2D eigenvalue weighted by Gasteiger charge is -2.18. The summed E-state index contributed by atoms with van der Waals surface area (Å²) in [6.07, 6.45) is 3.27. The normalized spacial score (nSPS) is 27.4. The van der Waals surface area contributed by atoms with Gasteiger partial charge in [-0.1, -0.05) is 6.42 Å². The van der Waals surface area contributed by atoms with E-state index in [-0.39, 0.29) is 23.2 Å². The third-order valence-corrected chi connectivity index (χ3v) is 4.50. The van der Waals surface area contributed by atoms with Gasteiger partial charge in [0.15, 0.2) is 0 Å². The Kier molecular flexibility index (Phi) is 3.63. The fourth-order valence-corrected chi connectivity index (χ4v) is 3.44. The summed E-state index contributed by atoms with van der Waals surface area (Å²) in [6, 6.07) is 3.06. The first-order valence-electron chi connectivity index (χ1n) is 7.13. The van der Waals surface area contributed by atoms with Gasteiger partial charge in [0.05, 0.1) is 17.3 Å². The number of nitrogens with one attached hydrogen (secondary N) is 2. The predicted octanol–water partition coefficient (Wildman–Crippen LogP) is 1.85. The molecular weight excluding hydrogens is 275 g/mol. The number of carbonyl (C=O) groups excluding carboxylic acids is 1. The summed E-state index contributed by atoms with van der Waals surface area (Å²) < 4.78 is 13.7. The van der Waals surface area contributed by atoms with E-state index in [1.807, 2.05) is 0 Å². The number of hydrogen-bond acceptors (Lipinski definition) is 3. The zero-order valence-corrected chi connectivity index (χ0v) is 11.4. The first kappa shape index (κ1) is 14.0. The highest BCUT2D eigenvalue weighted by molar-refractivity contribution is 5.97. The first-order chi connectivity index (χ1) is 10.1. The van der Waals surface area contributed by atoms with Crippen LogP contribution in [0, 0.1) is 17.7 Å². The highest BCUT2D eigenvalue weighted by Crippen LogP contribution is 2.38. The summed E-state index contributed by atoms with van der Waals surface area (Å²) in [5.41, 5.74) is -0.132. The molecule has 3 unspecified atom stereocenters. The van der Waals surface area contributed by atoms with Crippen LogP contribution in [-0.2, 0) is 4.79 Å². The number of fused-ring (bicyclic) bond motifs is 1. The molecule has 1 heterocycles. The predicted molar refractivity (Wildman–Crippen MR) is 74.6 cm³/mol. The fourth-order valence-electron chi connectivity index (χ4n) is 3.44. The van der Waals surface area contributed by atoms with Crippen molar-refractivity contribution in [3.05, 3.63) is 29.6 Å². The molecule has 3 rings (SSSR count). The number of carbonyl (C=O) groups is 2. The minimum Gasteiger partial charge on any atom is -0.478 e. The summed E-state index contributed by atoms with van der Waals surface area (Å²) >= 11 is 0. The molecule has 112 valence electrons. The van der Waals surface area contributed by atoms with Crippen LogP contribution in [0.25, 0.3) is 0 Å². The Balaban J connectivity index is 1.75. The highest BCUT2D eigenvalue weighted by atomic mass is 19.1. The average Bonchev–Trinajstić information content (AvgIpc) is 3.03. The zero-order chi connectivity index (χ0) is 15.0. The number of rotatable bonds is 3. The fraction of sp³-hybridized carbons (Fsp3) is 0.467. The summed E-state index contributed by atoms with van der Waals surface area (Å²) in [5.74, 6) is -1.24. The topological polar surface area (TPSA) is 78.4 Å². The van der Waals surface area contributed by atoms with Crippen molar-refractivity contribution in [2.75, 3.05) is 11.9 Å². The van der Waals surface area contributed by atoms with Gasteiger partial charge in [0.2, 0.25) is 5.91 Å². The highest BCUT2D eigenvalue weighted by Gasteiger charge is 2.42. The summed E-state index contributed by atoms with van der Waals surface area (Å²) in [6.45, 7) is 0.820. The summed E-state index contributed by atoms with van der Waals surface area (Å²) in [5, 5.41) is 14.6. The van der Waals surface area contributed by atoms with Crippen LogP contribution in [0.4, 0.5) is 10.1 Å². The van der Waals surface area contributed by atoms with Crippen LogP contribution in [0.1, 0.15) is 29.6 Å². The lowest BCUT2D eigenvalue weighted by Crippen LogP contribution is -2.40. The van der Waals surface area contributed by atoms with Crippen molar-refractivity contribution in [1.29, 1.82) is 0 Å². The van der Waals surface area contributed by atoms with Crippen molar-refractivity contribution < 1.29 is 19.1 Å². The lowest BCUT2D eigenvalue weighted by molar-refractivity contribution is -0.118. The van der Waals surface area contributed by atoms with Crippen molar-refractivity contribution in [1.82, 2.24) is 5.32 Å². The van der Waals surface area contributed by atoms with Gasteiger partial charge in [-0.3, -0.25) is 4.79 Å². The Bertz CT molecular complexity index is 590. The van der Waals surface area contributed by atoms with Crippen molar-refractivity contribution in [3.8, 4) is 0 Å². The maximum absolute atomic E-state index is 13.7. The molecule has 2 fully saturated rings. The van der Waals surface area contributed by atoms with Crippen molar-refractivity contribution in [3.63, 3.8) is 0 Å². The largest absolute Gasteiger partial charge is 0.478 e. The Morgan fingerprint density at radius 3 is 2.90 bits per heavy atom. The lowest BCUT2D eigenvalue weighted by atomic mass is 9.93. The van der Waals surface area contributed by atoms with E-state index in [2.05, 4.69) is 10.6 Å². The quantitative estimate of drug-likeness (QED) is 0.794. The minimum absolute atomic E-state index is 0.0511. The molecule has 0 bridgehead atoms. The van der Waals surface area contributed by atoms with Gasteiger partial charge in [-0.05, 0) is 49.4 Å². The number of benzene rings is 1. The van der Waals surface area contributed by atoms with Crippen molar-refractivity contribution in [2.45, 2.75) is 25.3 Å². The van der Waals surface area contributed by atoms with Crippen LogP contribution >= 0.6 is 0 Å². The van der Waals surface area contributed by atoms with Gasteiger partial charge in [-0.15, -0.1) is 0 Å². The van der Waals surface area contributed by atoms with Crippen LogP contribution in [0.15, 0.2) is 18.2 Å². The Hall–Kier alpha value is -1.95. The summed E-state index contributed by atoms with van der Waals surface area (Å²) in [7, 11) is 0. The number of hydrogen-bond donors (Lipinski definition) is 3. The van der Waals surface area contributed by atoms with Crippen molar-refractivity contribution in [2.24, 2.45) is 11.8 Å². The zero-order valence-electron chi connectivity index (χ0n) is 11.4. The molecule has 3 N–H and O–H groups in total. The molecule has 5 nitrogen and oxygen atoms in total. The first-order valence-corrected chi connectivity index (χ1v) is 7.13. The maximum Gasteiger partial charge on any atom is 0.335 e. The van der Waals surface area contributed by atoms with Gasteiger partial charge in [0.1, 0.15) is 5.82 Å². The minimum atomic E-state index is -1.15.